The van der Waals surface area contributed by atoms with E-state index < -0.39 is 44.2 Å². The minimum atomic E-state index is -5.53. The number of ether oxygens (including phenoxy) is 1. The van der Waals surface area contributed by atoms with Gasteiger partial charge in [0.05, 0.1) is 0 Å². The van der Waals surface area contributed by atoms with Crippen molar-refractivity contribution >= 4 is 37.6 Å². The molecule has 0 aromatic rings. The molecule has 0 aromatic heterocycles. The van der Waals surface area contributed by atoms with Crippen molar-refractivity contribution < 1.29 is 51.3 Å². The molecule has 2 heterocycles. The molecule has 0 unspecified atom stereocenters. The molecule has 0 aromatic carbocycles. The van der Waals surface area contributed by atoms with E-state index in [9.17, 15) is 24.0 Å². The Morgan fingerprint density at radius 1 is 0.947 bits per heavy atom. The fourth-order valence-corrected chi connectivity index (χ4v) is 3.26. The zero-order valence-electron chi connectivity index (χ0n) is 9.15. The molecular formula is C7H5O11P. The van der Waals surface area contributed by atoms with Crippen LogP contribution in [-0.2, 0) is 51.3 Å². The molecule has 2 rings (SSSR count). The van der Waals surface area contributed by atoms with E-state index in [1.807, 2.05) is 0 Å². The van der Waals surface area contributed by atoms with Crippen LogP contribution < -0.4 is 0 Å². The van der Waals surface area contributed by atoms with E-state index in [1.54, 1.807) is 0 Å². The van der Waals surface area contributed by atoms with Crippen LogP contribution in [0.25, 0.3) is 0 Å². The molecule has 2 saturated heterocycles. The summed E-state index contributed by atoms with van der Waals surface area (Å²) in [5.74, 6) is -7.36. The summed E-state index contributed by atoms with van der Waals surface area (Å²) < 4.78 is 26.3. The van der Waals surface area contributed by atoms with Crippen molar-refractivity contribution in [1.82, 2.24) is 0 Å². The molecule has 1 spiro atoms. The van der Waals surface area contributed by atoms with Gasteiger partial charge >= 0.3 is 103 Å². The second-order valence-electron chi connectivity index (χ2n) is 3.11. The van der Waals surface area contributed by atoms with Crippen LogP contribution in [0.4, 0.5) is 0 Å². The van der Waals surface area contributed by atoms with Crippen LogP contribution in [-0.4, -0.2) is 43.6 Å². The zero-order valence-corrected chi connectivity index (χ0v) is 10.0. The third kappa shape index (κ3) is 1.98. The van der Waals surface area contributed by atoms with Gasteiger partial charge in [-0.1, -0.05) is 0 Å². The summed E-state index contributed by atoms with van der Waals surface area (Å²) in [7, 11) is -4.52. The summed E-state index contributed by atoms with van der Waals surface area (Å²) >= 11 is 0. The molecule has 0 saturated carbocycles. The van der Waals surface area contributed by atoms with Crippen LogP contribution in [0.2, 0.25) is 0 Å². The number of rotatable bonds is 3. The van der Waals surface area contributed by atoms with Gasteiger partial charge < -0.3 is 0 Å². The first-order chi connectivity index (χ1) is 8.79. The Morgan fingerprint density at radius 3 is 1.63 bits per heavy atom. The second-order valence-corrected chi connectivity index (χ2v) is 5.59. The molecule has 19 heavy (non-hydrogen) atoms. The summed E-state index contributed by atoms with van der Waals surface area (Å²) in [6, 6.07) is 0. The van der Waals surface area contributed by atoms with Crippen LogP contribution in [0, 0.1) is 0 Å². The van der Waals surface area contributed by atoms with Crippen molar-refractivity contribution in [2.75, 3.05) is 13.7 Å². The van der Waals surface area contributed by atoms with E-state index in [2.05, 4.69) is 27.4 Å². The Morgan fingerprint density at radius 2 is 1.32 bits per heavy atom. The molecule has 0 bridgehead atoms. The summed E-state index contributed by atoms with van der Waals surface area (Å²) in [5.41, 5.74) is 0. The Hall–Kier alpha value is -2.26. The molecule has 2 aliphatic rings. The van der Waals surface area contributed by atoms with Gasteiger partial charge in [-0.25, -0.2) is 0 Å². The average molecular weight is 296 g/mol. The molecular weight excluding hydrogens is 291 g/mol. The predicted molar refractivity (Wildman–Crippen MR) is 49.3 cm³/mol. The molecule has 12 heteroatoms. The Kier molecular flexibility index (Phi) is 2.68. The first-order valence-corrected chi connectivity index (χ1v) is 6.33. The molecule has 0 N–H and O–H groups in total. The third-order valence-corrected chi connectivity index (χ3v) is 4.29. The fraction of sp³-hybridized carbons (Fsp3) is 0.286. The van der Waals surface area contributed by atoms with Gasteiger partial charge in [0.2, 0.25) is 0 Å². The quantitative estimate of drug-likeness (QED) is 0.341. The van der Waals surface area contributed by atoms with E-state index >= 15 is 0 Å². The van der Waals surface area contributed by atoms with Crippen molar-refractivity contribution in [1.29, 1.82) is 0 Å². The summed E-state index contributed by atoms with van der Waals surface area (Å²) in [6.45, 7) is -0.949. The average Bonchev–Trinajstić information content (AvgIpc) is 2.73. The Balaban J connectivity index is 2.33. The molecule has 2 fully saturated rings. The Labute approximate surface area is 104 Å². The number of carbonyl (C=O) groups is 5. The van der Waals surface area contributed by atoms with Crippen molar-refractivity contribution in [2.24, 2.45) is 0 Å². The van der Waals surface area contributed by atoms with Crippen molar-refractivity contribution in [3.8, 4) is 0 Å². The van der Waals surface area contributed by atoms with E-state index in [4.69, 9.17) is 0 Å². The van der Waals surface area contributed by atoms with Crippen LogP contribution in [0.3, 0.4) is 0 Å². The Bertz CT molecular complexity index is 446. The van der Waals surface area contributed by atoms with Gasteiger partial charge in [0.25, 0.3) is 0 Å². The van der Waals surface area contributed by atoms with Gasteiger partial charge in [-0.05, 0) is 0 Å². The maximum atomic E-state index is 11.0. The minimum absolute atomic E-state index is 0.949. The maximum absolute atomic E-state index is 11.0. The first kappa shape index (κ1) is 13.2. The zero-order chi connectivity index (χ0) is 14.3. The summed E-state index contributed by atoms with van der Waals surface area (Å²) in [4.78, 5) is 55.0. The van der Waals surface area contributed by atoms with Gasteiger partial charge in [-0.3, -0.25) is 0 Å². The molecule has 0 atom stereocenters. The van der Waals surface area contributed by atoms with Gasteiger partial charge in [0, 0.05) is 0 Å². The van der Waals surface area contributed by atoms with Crippen LogP contribution >= 0.6 is 7.74 Å². The van der Waals surface area contributed by atoms with Gasteiger partial charge in [-0.2, -0.15) is 0 Å². The van der Waals surface area contributed by atoms with Gasteiger partial charge in [-0.15, -0.1) is 0 Å². The number of hydrogen-bond acceptors (Lipinski definition) is 11. The van der Waals surface area contributed by atoms with E-state index in [0.717, 1.165) is 7.11 Å². The number of methoxy groups -OCH3 is 1. The molecule has 2 aliphatic heterocycles. The van der Waals surface area contributed by atoms with Crippen LogP contribution in [0.5, 0.6) is 0 Å². The third-order valence-electron chi connectivity index (χ3n) is 1.88. The van der Waals surface area contributed by atoms with Gasteiger partial charge in [0.1, 0.15) is 0 Å². The van der Waals surface area contributed by atoms with E-state index in [-0.39, 0.29) is 0 Å². The number of hydrogen-bond donors (Lipinski definition) is 0. The SMILES string of the molecule is COC(=O)COP12(OC(=O)C(=O)O1)OC(=O)C(=O)O2. The summed E-state index contributed by atoms with van der Waals surface area (Å²) in [6.07, 6.45) is 0. The molecule has 11 nitrogen and oxygen atoms in total. The van der Waals surface area contributed by atoms with E-state index in [1.165, 1.54) is 0 Å². The first-order valence-electron chi connectivity index (χ1n) is 4.50. The normalized spacial score (nSPS) is 24.8. The topological polar surface area (TPSA) is 141 Å². The fourth-order valence-electron chi connectivity index (χ4n) is 1.12. The monoisotopic (exact) mass is 296 g/mol. The second kappa shape index (κ2) is 3.87. The van der Waals surface area contributed by atoms with Crippen molar-refractivity contribution in [3.05, 3.63) is 0 Å². The van der Waals surface area contributed by atoms with Crippen LogP contribution in [0.15, 0.2) is 0 Å². The summed E-state index contributed by atoms with van der Waals surface area (Å²) in [5, 5.41) is 0. The standard InChI is InChI=1S/C7H5O11P/c1-13-3(8)2-14-19(15-4(9)5(10)16-19)17-6(11)7(12)18-19/h2H2,1H3. The van der Waals surface area contributed by atoms with Gasteiger partial charge in [0.15, 0.2) is 0 Å². The van der Waals surface area contributed by atoms with Crippen LogP contribution in [0.1, 0.15) is 0 Å². The molecule has 0 radical (unpaired) electrons. The predicted octanol–water partition coefficient (Wildman–Crippen LogP) is -1.50. The van der Waals surface area contributed by atoms with Crippen molar-refractivity contribution in [2.45, 2.75) is 0 Å². The number of esters is 1. The molecule has 104 valence electrons. The number of carbonyl (C=O) groups excluding carboxylic acids is 5. The molecule has 0 amide bonds. The van der Waals surface area contributed by atoms with E-state index in [0.29, 0.717) is 0 Å². The molecule has 0 aliphatic carbocycles. The van der Waals surface area contributed by atoms with Crippen molar-refractivity contribution in [3.63, 3.8) is 0 Å².